The molecule has 0 saturated carbocycles. The predicted octanol–water partition coefficient (Wildman–Crippen LogP) is 5.18. The second-order valence-electron chi connectivity index (χ2n) is 7.30. The molecule has 154 valence electrons. The maximum Gasteiger partial charge on any atom is 0.255 e. The van der Waals surface area contributed by atoms with Crippen LogP contribution in [0.4, 0.5) is 10.1 Å². The Morgan fingerprint density at radius 2 is 2.10 bits per heavy atom. The fourth-order valence-corrected chi connectivity index (χ4v) is 5.01. The average Bonchev–Trinajstić information content (AvgIpc) is 3.15. The van der Waals surface area contributed by atoms with Gasteiger partial charge in [-0.25, -0.2) is 9.37 Å². The monoisotopic (exact) mass is 440 g/mol. The number of amides is 1. The number of hydrogen-bond donors (Lipinski definition) is 2. The molecule has 3 N–H and O–H groups in total. The van der Waals surface area contributed by atoms with Crippen molar-refractivity contribution in [1.29, 1.82) is 0 Å². The van der Waals surface area contributed by atoms with Crippen LogP contribution in [0.15, 0.2) is 52.8 Å². The van der Waals surface area contributed by atoms with Gasteiger partial charge in [-0.05, 0) is 50.6 Å². The molecule has 0 radical (unpaired) electrons. The summed E-state index contributed by atoms with van der Waals surface area (Å²) in [6.45, 7) is 3.81. The van der Waals surface area contributed by atoms with Gasteiger partial charge in [0.1, 0.15) is 5.82 Å². The lowest BCUT2D eigenvalue weighted by Crippen LogP contribution is -2.29. The predicted molar refractivity (Wildman–Crippen MR) is 123 cm³/mol. The molecule has 2 heterocycles. The molecule has 30 heavy (non-hydrogen) atoms. The van der Waals surface area contributed by atoms with Crippen molar-refractivity contribution in [2.75, 3.05) is 11.1 Å². The number of nitrogens with zero attached hydrogens (tertiary/aromatic N) is 2. The summed E-state index contributed by atoms with van der Waals surface area (Å²) in [5.41, 5.74) is 8.29. The van der Waals surface area contributed by atoms with Crippen LogP contribution in [0.1, 0.15) is 34.3 Å². The summed E-state index contributed by atoms with van der Waals surface area (Å²) in [6.07, 6.45) is 0.668. The molecule has 5 nitrogen and oxygen atoms in total. The Labute approximate surface area is 182 Å². The van der Waals surface area contributed by atoms with Gasteiger partial charge >= 0.3 is 0 Å². The Morgan fingerprint density at radius 3 is 2.83 bits per heavy atom. The number of aryl methyl sites for hydroxylation is 1. The zero-order valence-electron chi connectivity index (χ0n) is 16.6. The molecule has 1 aromatic heterocycles. The number of thiazole rings is 1. The number of rotatable bonds is 4. The molecule has 1 aliphatic heterocycles. The number of nitrogens with two attached hydrogens (primary N) is 1. The maximum atomic E-state index is 14.6. The number of thioether (sulfide) groups is 1. The highest BCUT2D eigenvalue weighted by molar-refractivity contribution is 8.13. The zero-order valence-corrected chi connectivity index (χ0v) is 18.2. The number of halogens is 1. The van der Waals surface area contributed by atoms with Crippen LogP contribution in [0, 0.1) is 12.7 Å². The first-order valence-electron chi connectivity index (χ1n) is 9.46. The fourth-order valence-electron chi connectivity index (χ4n) is 3.42. The zero-order chi connectivity index (χ0) is 21.3. The van der Waals surface area contributed by atoms with Gasteiger partial charge in [0.2, 0.25) is 0 Å². The van der Waals surface area contributed by atoms with Crippen LogP contribution in [0.25, 0.3) is 11.3 Å². The number of aromatic nitrogens is 1. The number of nitrogens with one attached hydrogen (secondary N) is 1. The fraction of sp³-hybridized carbons (Fsp3) is 0.227. The van der Waals surface area contributed by atoms with Crippen molar-refractivity contribution in [3.05, 3.63) is 69.8 Å². The van der Waals surface area contributed by atoms with E-state index >= 15 is 0 Å². The molecular weight excluding hydrogens is 419 g/mol. The first kappa shape index (κ1) is 20.6. The minimum absolute atomic E-state index is 0.270. The highest BCUT2D eigenvalue weighted by Crippen LogP contribution is 2.37. The van der Waals surface area contributed by atoms with E-state index < -0.39 is 5.54 Å². The van der Waals surface area contributed by atoms with Gasteiger partial charge < -0.3 is 11.1 Å². The van der Waals surface area contributed by atoms with Crippen molar-refractivity contribution >= 4 is 39.9 Å². The second-order valence-corrected chi connectivity index (χ2v) is 9.48. The summed E-state index contributed by atoms with van der Waals surface area (Å²) in [4.78, 5) is 21.8. The van der Waals surface area contributed by atoms with Gasteiger partial charge in [0.15, 0.2) is 5.17 Å². The molecule has 2 aromatic carbocycles. The summed E-state index contributed by atoms with van der Waals surface area (Å²) >= 11 is 3.03. The summed E-state index contributed by atoms with van der Waals surface area (Å²) in [6, 6.07) is 11.9. The van der Waals surface area contributed by atoms with E-state index in [1.54, 1.807) is 35.6 Å². The lowest BCUT2D eigenvalue weighted by molar-refractivity contribution is 0.102. The summed E-state index contributed by atoms with van der Waals surface area (Å²) in [5.74, 6) is 0.138. The van der Waals surface area contributed by atoms with Gasteiger partial charge in [0.05, 0.1) is 16.2 Å². The number of anilines is 1. The minimum Gasteiger partial charge on any atom is -0.379 e. The maximum absolute atomic E-state index is 14.6. The topological polar surface area (TPSA) is 80.4 Å². The first-order valence-corrected chi connectivity index (χ1v) is 11.3. The highest BCUT2D eigenvalue weighted by Gasteiger charge is 2.32. The van der Waals surface area contributed by atoms with Crippen LogP contribution in [0.3, 0.4) is 0 Å². The molecule has 1 amide bonds. The number of carbonyl (C=O) groups excluding carboxylic acids is 1. The van der Waals surface area contributed by atoms with Crippen LogP contribution in [-0.2, 0) is 5.54 Å². The van der Waals surface area contributed by atoms with E-state index in [-0.39, 0.29) is 11.7 Å². The quantitative estimate of drug-likeness (QED) is 0.586. The largest absolute Gasteiger partial charge is 0.379 e. The van der Waals surface area contributed by atoms with Crippen molar-refractivity contribution < 1.29 is 9.18 Å². The van der Waals surface area contributed by atoms with E-state index in [2.05, 4.69) is 15.3 Å². The Balaban J connectivity index is 1.59. The lowest BCUT2D eigenvalue weighted by Gasteiger charge is -2.30. The van der Waals surface area contributed by atoms with Gasteiger partial charge in [-0.3, -0.25) is 9.79 Å². The van der Waals surface area contributed by atoms with E-state index in [4.69, 9.17) is 5.73 Å². The Morgan fingerprint density at radius 1 is 1.27 bits per heavy atom. The van der Waals surface area contributed by atoms with Crippen molar-refractivity contribution in [3.8, 4) is 11.3 Å². The molecule has 1 atom stereocenters. The Bertz CT molecular complexity index is 1140. The summed E-state index contributed by atoms with van der Waals surface area (Å²) < 4.78 is 14.6. The second kappa shape index (κ2) is 8.20. The van der Waals surface area contributed by atoms with Crippen LogP contribution in [-0.4, -0.2) is 21.8 Å². The van der Waals surface area contributed by atoms with E-state index in [0.717, 1.165) is 22.0 Å². The molecule has 0 bridgehead atoms. The van der Waals surface area contributed by atoms with Crippen LogP contribution in [0.2, 0.25) is 0 Å². The van der Waals surface area contributed by atoms with Gasteiger partial charge in [0, 0.05) is 33.5 Å². The summed E-state index contributed by atoms with van der Waals surface area (Å²) in [5, 5.41) is 6.25. The van der Waals surface area contributed by atoms with Gasteiger partial charge in [0.25, 0.3) is 5.91 Å². The molecular formula is C22H21FN4OS2. The van der Waals surface area contributed by atoms with E-state index in [1.165, 1.54) is 17.8 Å². The molecule has 0 aliphatic carbocycles. The van der Waals surface area contributed by atoms with Crippen LogP contribution in [0.5, 0.6) is 0 Å². The van der Waals surface area contributed by atoms with Gasteiger partial charge in [-0.2, -0.15) is 0 Å². The Kier molecular flexibility index (Phi) is 5.62. The number of aliphatic imine (C=N–C) groups is 1. The molecule has 0 fully saturated rings. The Hall–Kier alpha value is -2.71. The molecule has 0 spiro atoms. The molecule has 1 aliphatic rings. The SMILES string of the molecule is Cc1nc(-c2cccc(C(=O)Nc3ccc(F)c(C4(C)CCSC(N)=N4)c3)c2)cs1. The number of amidine groups is 1. The number of carbonyl (C=O) groups is 1. The van der Waals surface area contributed by atoms with Gasteiger partial charge in [-0.1, -0.05) is 23.9 Å². The van der Waals surface area contributed by atoms with Crippen molar-refractivity contribution in [2.24, 2.45) is 10.7 Å². The van der Waals surface area contributed by atoms with Crippen molar-refractivity contribution in [1.82, 2.24) is 4.98 Å². The standard InChI is InChI=1S/C22H21FN4OS2/c1-13-25-19(12-30-13)14-4-3-5-15(10-14)20(28)26-16-6-7-18(23)17(11-16)22(2)8-9-29-21(24)27-22/h3-7,10-12H,8-9H2,1-2H3,(H2,24,27)(H,26,28). The molecule has 4 rings (SSSR count). The number of hydrogen-bond acceptors (Lipinski definition) is 6. The van der Waals surface area contributed by atoms with Crippen LogP contribution < -0.4 is 11.1 Å². The lowest BCUT2D eigenvalue weighted by atomic mass is 9.89. The average molecular weight is 441 g/mol. The smallest absolute Gasteiger partial charge is 0.255 e. The van der Waals surface area contributed by atoms with E-state index in [0.29, 0.717) is 28.4 Å². The van der Waals surface area contributed by atoms with E-state index in [9.17, 15) is 9.18 Å². The highest BCUT2D eigenvalue weighted by atomic mass is 32.2. The van der Waals surface area contributed by atoms with Crippen molar-refractivity contribution in [3.63, 3.8) is 0 Å². The van der Waals surface area contributed by atoms with Crippen LogP contribution >= 0.6 is 23.1 Å². The molecule has 1 unspecified atom stereocenters. The van der Waals surface area contributed by atoms with E-state index in [1.807, 2.05) is 31.4 Å². The summed E-state index contributed by atoms with van der Waals surface area (Å²) in [7, 11) is 0. The number of benzene rings is 2. The molecule has 3 aromatic rings. The van der Waals surface area contributed by atoms with Gasteiger partial charge in [-0.15, -0.1) is 11.3 Å². The third-order valence-electron chi connectivity index (χ3n) is 5.04. The molecule has 0 saturated heterocycles. The third kappa shape index (κ3) is 4.24. The van der Waals surface area contributed by atoms with Crippen molar-refractivity contribution in [2.45, 2.75) is 25.8 Å². The third-order valence-corrected chi connectivity index (χ3v) is 6.61. The minimum atomic E-state index is -0.747. The molecule has 8 heteroatoms. The normalized spacial score (nSPS) is 18.7. The first-order chi connectivity index (χ1) is 14.3.